The molecule has 3 nitrogen and oxygen atoms in total. The van der Waals surface area contributed by atoms with E-state index in [-0.39, 0.29) is 5.92 Å². The van der Waals surface area contributed by atoms with Crippen LogP contribution in [0.4, 0.5) is 0 Å². The summed E-state index contributed by atoms with van der Waals surface area (Å²) in [5.41, 5.74) is 1.13. The van der Waals surface area contributed by atoms with Gasteiger partial charge in [-0.25, -0.2) is 0 Å². The van der Waals surface area contributed by atoms with Gasteiger partial charge in [-0.1, -0.05) is 24.3 Å². The number of hydrogen-bond acceptors (Lipinski definition) is 3. The van der Waals surface area contributed by atoms with Crippen LogP contribution in [0.25, 0.3) is 0 Å². The van der Waals surface area contributed by atoms with Gasteiger partial charge < -0.3 is 9.64 Å². The maximum absolute atomic E-state index is 10.4. The third-order valence-electron chi connectivity index (χ3n) is 2.51. The van der Waals surface area contributed by atoms with Crippen molar-refractivity contribution in [2.24, 2.45) is 5.92 Å². The van der Waals surface area contributed by atoms with Crippen molar-refractivity contribution in [2.75, 3.05) is 26.3 Å². The first kappa shape index (κ1) is 10.2. The van der Waals surface area contributed by atoms with Crippen LogP contribution in [0.2, 0.25) is 0 Å². The molecule has 0 spiro atoms. The Morgan fingerprint density at radius 3 is 2.60 bits per heavy atom. The van der Waals surface area contributed by atoms with E-state index in [1.54, 1.807) is 0 Å². The van der Waals surface area contributed by atoms with Gasteiger partial charge in [-0.3, -0.25) is 4.79 Å². The Hall–Kier alpha value is -1.35. The molecule has 0 N–H and O–H groups in total. The van der Waals surface area contributed by atoms with Crippen LogP contribution < -0.4 is 0 Å². The van der Waals surface area contributed by atoms with Crippen LogP contribution in [0.15, 0.2) is 36.1 Å². The van der Waals surface area contributed by atoms with Crippen molar-refractivity contribution in [2.45, 2.75) is 0 Å². The molecule has 15 heavy (non-hydrogen) atoms. The molecular weight excluding hydrogens is 190 g/mol. The Bertz CT molecular complexity index is 296. The highest BCUT2D eigenvalue weighted by molar-refractivity contribution is 5.62. The minimum Gasteiger partial charge on any atom is -0.378 e. The molecule has 0 bridgehead atoms. The summed E-state index contributed by atoms with van der Waals surface area (Å²) >= 11 is 0. The molecule has 3 heteroatoms. The number of morpholine rings is 1. The van der Waals surface area contributed by atoms with Crippen molar-refractivity contribution < 1.29 is 9.53 Å². The zero-order valence-electron chi connectivity index (χ0n) is 8.56. The molecule has 0 atom stereocenters. The van der Waals surface area contributed by atoms with Gasteiger partial charge in [0.15, 0.2) is 0 Å². The fraction of sp³-hybridized carbons (Fsp3) is 0.417. The van der Waals surface area contributed by atoms with Gasteiger partial charge in [-0.05, 0) is 5.57 Å². The van der Waals surface area contributed by atoms with Gasteiger partial charge in [0.05, 0.1) is 19.1 Å². The topological polar surface area (TPSA) is 29.5 Å². The smallest absolute Gasteiger partial charge is 0.209 e. The predicted molar refractivity (Wildman–Crippen MR) is 57.9 cm³/mol. The third kappa shape index (κ3) is 2.80. The van der Waals surface area contributed by atoms with Crippen LogP contribution in [-0.2, 0) is 9.53 Å². The highest BCUT2D eigenvalue weighted by Gasteiger charge is 2.08. The van der Waals surface area contributed by atoms with Crippen molar-refractivity contribution in [3.63, 3.8) is 0 Å². The molecule has 1 aliphatic carbocycles. The molecule has 1 saturated heterocycles. The number of hydrogen-bond donors (Lipinski definition) is 0. The summed E-state index contributed by atoms with van der Waals surface area (Å²) in [6, 6.07) is 0. The van der Waals surface area contributed by atoms with Crippen LogP contribution in [0.1, 0.15) is 0 Å². The second-order valence-electron chi connectivity index (χ2n) is 3.64. The Morgan fingerprint density at radius 2 is 2.00 bits per heavy atom. The second kappa shape index (κ2) is 4.94. The van der Waals surface area contributed by atoms with Gasteiger partial charge >= 0.3 is 0 Å². The molecule has 0 aromatic rings. The Kier molecular flexibility index (Phi) is 3.35. The number of rotatable bonds is 2. The van der Waals surface area contributed by atoms with E-state index in [1.807, 2.05) is 30.6 Å². The molecule has 0 unspecified atom stereocenters. The second-order valence-corrected chi connectivity index (χ2v) is 3.64. The summed E-state index contributed by atoms with van der Waals surface area (Å²) in [6.07, 6.45) is 11.7. The van der Waals surface area contributed by atoms with Crippen LogP contribution in [0, 0.1) is 5.92 Å². The zero-order valence-corrected chi connectivity index (χ0v) is 8.56. The predicted octanol–water partition coefficient (Wildman–Crippen LogP) is 1.05. The molecule has 0 amide bonds. The first-order chi connectivity index (χ1) is 7.38. The molecule has 2 rings (SSSR count). The molecule has 0 saturated carbocycles. The molecular formula is C12H14NO2. The first-order valence-corrected chi connectivity index (χ1v) is 5.16. The summed E-state index contributed by atoms with van der Waals surface area (Å²) in [5, 5.41) is 0. The van der Waals surface area contributed by atoms with E-state index in [2.05, 4.69) is 11.1 Å². The van der Waals surface area contributed by atoms with Crippen molar-refractivity contribution in [3.05, 3.63) is 36.1 Å². The van der Waals surface area contributed by atoms with Crippen LogP contribution in [0.5, 0.6) is 0 Å². The standard InChI is InChI=1S/C12H14NO2/c14-10-12-3-1-11(2-4-12)9-13-5-7-15-8-6-13/h1-4,9,12H,5-8H2. The van der Waals surface area contributed by atoms with E-state index in [1.165, 1.54) is 0 Å². The van der Waals surface area contributed by atoms with E-state index >= 15 is 0 Å². The van der Waals surface area contributed by atoms with E-state index in [0.717, 1.165) is 31.9 Å². The Morgan fingerprint density at radius 1 is 1.33 bits per heavy atom. The summed E-state index contributed by atoms with van der Waals surface area (Å²) in [7, 11) is 0. The molecule has 1 aliphatic heterocycles. The SMILES string of the molecule is O=[C]C1C=CC(=CN2CCOCC2)C=C1. The Balaban J connectivity index is 1.96. The van der Waals surface area contributed by atoms with Crippen molar-refractivity contribution >= 4 is 6.29 Å². The molecule has 0 aromatic carbocycles. The lowest BCUT2D eigenvalue weighted by atomic mass is 10.0. The van der Waals surface area contributed by atoms with Crippen molar-refractivity contribution in [1.29, 1.82) is 0 Å². The molecule has 1 radical (unpaired) electrons. The minimum atomic E-state index is -0.174. The quantitative estimate of drug-likeness (QED) is 0.673. The zero-order chi connectivity index (χ0) is 10.5. The number of nitrogens with zero attached hydrogens (tertiary/aromatic N) is 1. The Labute approximate surface area is 89.7 Å². The molecule has 1 fully saturated rings. The summed E-state index contributed by atoms with van der Waals surface area (Å²) < 4.78 is 5.27. The monoisotopic (exact) mass is 204 g/mol. The van der Waals surface area contributed by atoms with Gasteiger partial charge in [0.25, 0.3) is 0 Å². The van der Waals surface area contributed by atoms with Crippen LogP contribution in [-0.4, -0.2) is 37.5 Å². The normalized spacial score (nSPS) is 25.5. The molecule has 2 aliphatic rings. The molecule has 1 heterocycles. The van der Waals surface area contributed by atoms with Crippen molar-refractivity contribution in [1.82, 2.24) is 4.90 Å². The average Bonchev–Trinajstić information content (AvgIpc) is 2.31. The van der Waals surface area contributed by atoms with Gasteiger partial charge in [0.1, 0.15) is 0 Å². The lowest BCUT2D eigenvalue weighted by Crippen LogP contribution is -2.32. The maximum Gasteiger partial charge on any atom is 0.209 e. The van der Waals surface area contributed by atoms with Crippen LogP contribution >= 0.6 is 0 Å². The van der Waals surface area contributed by atoms with Crippen molar-refractivity contribution in [3.8, 4) is 0 Å². The first-order valence-electron chi connectivity index (χ1n) is 5.16. The highest BCUT2D eigenvalue weighted by Crippen LogP contribution is 2.13. The van der Waals surface area contributed by atoms with Gasteiger partial charge in [0.2, 0.25) is 6.29 Å². The van der Waals surface area contributed by atoms with Gasteiger partial charge in [0, 0.05) is 19.3 Å². The van der Waals surface area contributed by atoms with Gasteiger partial charge in [-0.15, -0.1) is 0 Å². The maximum atomic E-state index is 10.4. The number of ether oxygens (including phenoxy) is 1. The molecule has 0 aromatic heterocycles. The summed E-state index contributed by atoms with van der Waals surface area (Å²) in [6.45, 7) is 3.47. The van der Waals surface area contributed by atoms with E-state index in [9.17, 15) is 4.79 Å². The lowest BCUT2D eigenvalue weighted by molar-refractivity contribution is 0.0592. The minimum absolute atomic E-state index is 0.174. The molecule has 79 valence electrons. The van der Waals surface area contributed by atoms with E-state index < -0.39 is 0 Å². The highest BCUT2D eigenvalue weighted by atomic mass is 16.5. The summed E-state index contributed by atoms with van der Waals surface area (Å²) in [5.74, 6) is -0.174. The van der Waals surface area contributed by atoms with Gasteiger partial charge in [-0.2, -0.15) is 0 Å². The van der Waals surface area contributed by atoms with E-state index in [0.29, 0.717) is 0 Å². The lowest BCUT2D eigenvalue weighted by Gasteiger charge is -2.26. The third-order valence-corrected chi connectivity index (χ3v) is 2.51. The average molecular weight is 204 g/mol. The fourth-order valence-corrected chi connectivity index (χ4v) is 1.63. The van der Waals surface area contributed by atoms with Crippen LogP contribution in [0.3, 0.4) is 0 Å². The number of allylic oxidation sites excluding steroid dienone is 5. The fourth-order valence-electron chi connectivity index (χ4n) is 1.63. The number of carbonyl (C=O) groups excluding carboxylic acids is 1. The largest absolute Gasteiger partial charge is 0.378 e. The van der Waals surface area contributed by atoms with E-state index in [4.69, 9.17) is 4.74 Å². The summed E-state index contributed by atoms with van der Waals surface area (Å²) in [4.78, 5) is 12.6.